The predicted octanol–water partition coefficient (Wildman–Crippen LogP) is 3.86. The van der Waals surface area contributed by atoms with E-state index in [-0.39, 0.29) is 12.5 Å². The molecule has 4 nitrogen and oxygen atoms in total. The van der Waals surface area contributed by atoms with Gasteiger partial charge in [0, 0.05) is 25.3 Å². The van der Waals surface area contributed by atoms with Gasteiger partial charge in [0.25, 0.3) is 5.91 Å². The van der Waals surface area contributed by atoms with Crippen molar-refractivity contribution in [2.45, 2.75) is 6.42 Å². The summed E-state index contributed by atoms with van der Waals surface area (Å²) >= 11 is 0. The van der Waals surface area contributed by atoms with Crippen LogP contribution in [0.15, 0.2) is 72.8 Å². The molecule has 1 amide bonds. The second-order valence-corrected chi connectivity index (χ2v) is 7.04. The molecule has 0 saturated carbocycles. The average Bonchev–Trinajstić information content (AvgIpc) is 3.20. The first kappa shape index (κ1) is 17.4. The minimum atomic E-state index is -0.0682. The number of carbonyl (C=O) groups is 1. The molecule has 138 valence electrons. The van der Waals surface area contributed by atoms with Gasteiger partial charge in [0.2, 0.25) is 0 Å². The van der Waals surface area contributed by atoms with Crippen LogP contribution in [0.2, 0.25) is 0 Å². The summed E-state index contributed by atoms with van der Waals surface area (Å²) in [6, 6.07) is 24.4. The maximum absolute atomic E-state index is 12.1. The van der Waals surface area contributed by atoms with Gasteiger partial charge in [0.05, 0.1) is 0 Å². The highest BCUT2D eigenvalue weighted by atomic mass is 16.5. The third kappa shape index (κ3) is 4.40. The Balaban J connectivity index is 1.23. The lowest BCUT2D eigenvalue weighted by Crippen LogP contribution is -2.34. The van der Waals surface area contributed by atoms with Crippen LogP contribution in [-0.2, 0) is 4.79 Å². The molecule has 3 aromatic rings. The van der Waals surface area contributed by atoms with Gasteiger partial charge in [-0.05, 0) is 47.4 Å². The van der Waals surface area contributed by atoms with E-state index in [0.29, 0.717) is 12.5 Å². The fourth-order valence-electron chi connectivity index (χ4n) is 3.59. The van der Waals surface area contributed by atoms with Gasteiger partial charge in [0.15, 0.2) is 6.61 Å². The lowest BCUT2D eigenvalue weighted by Gasteiger charge is -2.18. The second kappa shape index (κ2) is 8.12. The van der Waals surface area contributed by atoms with Crippen molar-refractivity contribution in [1.29, 1.82) is 0 Å². The predicted molar refractivity (Wildman–Crippen MR) is 109 cm³/mol. The smallest absolute Gasteiger partial charge is 0.257 e. The molecule has 4 heteroatoms. The topological polar surface area (TPSA) is 41.6 Å². The molecule has 27 heavy (non-hydrogen) atoms. The number of nitrogens with zero attached hydrogens (tertiary/aromatic N) is 1. The van der Waals surface area contributed by atoms with Crippen molar-refractivity contribution >= 4 is 22.4 Å². The zero-order chi connectivity index (χ0) is 18.5. The van der Waals surface area contributed by atoms with Crippen molar-refractivity contribution in [2.24, 2.45) is 5.92 Å². The molecule has 0 aliphatic carbocycles. The van der Waals surface area contributed by atoms with E-state index in [4.69, 9.17) is 4.74 Å². The molecular formula is C23H24N2O2. The van der Waals surface area contributed by atoms with Gasteiger partial charge in [-0.25, -0.2) is 0 Å². The minimum absolute atomic E-state index is 0.0491. The van der Waals surface area contributed by atoms with Crippen molar-refractivity contribution in [3.63, 3.8) is 0 Å². The number of carbonyl (C=O) groups excluding carboxylic acids is 1. The third-order valence-electron chi connectivity index (χ3n) is 5.09. The SMILES string of the molecule is O=C(COc1ccc2ccccc2c1)NC[C@@H]1CCN(c2ccccc2)C1. The van der Waals surface area contributed by atoms with Gasteiger partial charge in [-0.3, -0.25) is 4.79 Å². The molecule has 0 unspecified atom stereocenters. The molecule has 0 aromatic heterocycles. The molecule has 1 atom stereocenters. The number of nitrogens with one attached hydrogen (secondary N) is 1. The van der Waals surface area contributed by atoms with Crippen molar-refractivity contribution in [1.82, 2.24) is 5.32 Å². The summed E-state index contributed by atoms with van der Waals surface area (Å²) in [6.07, 6.45) is 1.10. The van der Waals surface area contributed by atoms with Gasteiger partial charge >= 0.3 is 0 Å². The van der Waals surface area contributed by atoms with E-state index < -0.39 is 0 Å². The molecule has 0 bridgehead atoms. The van der Waals surface area contributed by atoms with Crippen molar-refractivity contribution in [2.75, 3.05) is 31.1 Å². The molecule has 1 N–H and O–H groups in total. The first-order valence-corrected chi connectivity index (χ1v) is 9.46. The highest BCUT2D eigenvalue weighted by Crippen LogP contribution is 2.23. The van der Waals surface area contributed by atoms with E-state index in [1.54, 1.807) is 0 Å². The molecule has 1 saturated heterocycles. The Hall–Kier alpha value is -3.01. The Morgan fingerprint density at radius 1 is 1.00 bits per heavy atom. The summed E-state index contributed by atoms with van der Waals surface area (Å²) < 4.78 is 5.66. The van der Waals surface area contributed by atoms with Crippen LogP contribution in [0.5, 0.6) is 5.75 Å². The van der Waals surface area contributed by atoms with Crippen LogP contribution in [-0.4, -0.2) is 32.1 Å². The Bertz CT molecular complexity index is 910. The molecular weight excluding hydrogens is 336 g/mol. The first-order valence-electron chi connectivity index (χ1n) is 9.46. The number of benzene rings is 3. The molecule has 0 spiro atoms. The number of fused-ring (bicyclic) bond motifs is 1. The highest BCUT2D eigenvalue weighted by Gasteiger charge is 2.22. The largest absolute Gasteiger partial charge is 0.484 e. The van der Waals surface area contributed by atoms with Crippen molar-refractivity contribution < 1.29 is 9.53 Å². The summed E-state index contributed by atoms with van der Waals surface area (Å²) in [5, 5.41) is 5.29. The normalized spacial score (nSPS) is 16.4. The summed E-state index contributed by atoms with van der Waals surface area (Å²) in [7, 11) is 0. The van der Waals surface area contributed by atoms with Gasteiger partial charge in [-0.15, -0.1) is 0 Å². The fourth-order valence-corrected chi connectivity index (χ4v) is 3.59. The molecule has 1 heterocycles. The molecule has 1 aliphatic rings. The number of ether oxygens (including phenoxy) is 1. The van der Waals surface area contributed by atoms with Gasteiger partial charge in [-0.1, -0.05) is 48.5 Å². The standard InChI is InChI=1S/C23H24N2O2/c26-23(17-27-22-11-10-19-6-4-5-7-20(19)14-22)24-15-18-12-13-25(16-18)21-8-2-1-3-9-21/h1-11,14,18H,12-13,15-17H2,(H,24,26)/t18-/m0/s1. The maximum Gasteiger partial charge on any atom is 0.257 e. The molecule has 4 rings (SSSR count). The third-order valence-corrected chi connectivity index (χ3v) is 5.09. The lowest BCUT2D eigenvalue weighted by molar-refractivity contribution is -0.123. The van der Waals surface area contributed by atoms with E-state index in [0.717, 1.165) is 30.6 Å². The van der Waals surface area contributed by atoms with Crippen LogP contribution in [0.25, 0.3) is 10.8 Å². The van der Waals surface area contributed by atoms with E-state index in [9.17, 15) is 4.79 Å². The summed E-state index contributed by atoms with van der Waals surface area (Å²) in [5.74, 6) is 1.14. The van der Waals surface area contributed by atoms with Crippen LogP contribution in [0.4, 0.5) is 5.69 Å². The van der Waals surface area contributed by atoms with Crippen LogP contribution in [0, 0.1) is 5.92 Å². The molecule has 0 radical (unpaired) electrons. The average molecular weight is 360 g/mol. The zero-order valence-corrected chi connectivity index (χ0v) is 15.3. The Labute approximate surface area is 159 Å². The molecule has 3 aromatic carbocycles. The number of anilines is 1. The number of hydrogen-bond acceptors (Lipinski definition) is 3. The minimum Gasteiger partial charge on any atom is -0.484 e. The van der Waals surface area contributed by atoms with Gasteiger partial charge < -0.3 is 15.0 Å². The monoisotopic (exact) mass is 360 g/mol. The lowest BCUT2D eigenvalue weighted by atomic mass is 10.1. The Morgan fingerprint density at radius 2 is 1.78 bits per heavy atom. The highest BCUT2D eigenvalue weighted by molar-refractivity contribution is 5.84. The molecule has 1 aliphatic heterocycles. The van der Waals surface area contributed by atoms with E-state index in [2.05, 4.69) is 40.5 Å². The summed E-state index contributed by atoms with van der Waals surface area (Å²) in [4.78, 5) is 14.5. The van der Waals surface area contributed by atoms with E-state index in [1.165, 1.54) is 11.1 Å². The number of hydrogen-bond donors (Lipinski definition) is 1. The van der Waals surface area contributed by atoms with Gasteiger partial charge in [0.1, 0.15) is 5.75 Å². The second-order valence-electron chi connectivity index (χ2n) is 7.04. The summed E-state index contributed by atoms with van der Waals surface area (Å²) in [6.45, 7) is 2.77. The Morgan fingerprint density at radius 3 is 2.63 bits per heavy atom. The fraction of sp³-hybridized carbons (Fsp3) is 0.261. The number of para-hydroxylation sites is 1. The number of rotatable bonds is 6. The van der Waals surface area contributed by atoms with Crippen LogP contribution in [0.1, 0.15) is 6.42 Å². The van der Waals surface area contributed by atoms with Crippen molar-refractivity contribution in [3.05, 3.63) is 72.8 Å². The molecule has 1 fully saturated rings. The van der Waals surface area contributed by atoms with E-state index in [1.807, 2.05) is 42.5 Å². The zero-order valence-electron chi connectivity index (χ0n) is 15.3. The quantitative estimate of drug-likeness (QED) is 0.726. The van der Waals surface area contributed by atoms with Crippen LogP contribution < -0.4 is 15.0 Å². The van der Waals surface area contributed by atoms with E-state index >= 15 is 0 Å². The van der Waals surface area contributed by atoms with Crippen LogP contribution >= 0.6 is 0 Å². The van der Waals surface area contributed by atoms with Crippen LogP contribution in [0.3, 0.4) is 0 Å². The summed E-state index contributed by atoms with van der Waals surface area (Å²) in [5.41, 5.74) is 1.26. The number of amides is 1. The Kier molecular flexibility index (Phi) is 5.24. The van der Waals surface area contributed by atoms with Gasteiger partial charge in [-0.2, -0.15) is 0 Å². The maximum atomic E-state index is 12.1. The first-order chi connectivity index (χ1) is 13.3. The van der Waals surface area contributed by atoms with Crippen molar-refractivity contribution in [3.8, 4) is 5.75 Å².